The zero-order valence-electron chi connectivity index (χ0n) is 15.5. The fourth-order valence-electron chi connectivity index (χ4n) is 2.41. The van der Waals surface area contributed by atoms with Crippen molar-refractivity contribution >= 4 is 33.9 Å². The van der Waals surface area contributed by atoms with Crippen molar-refractivity contribution in [1.29, 1.82) is 0 Å². The van der Waals surface area contributed by atoms with Crippen molar-refractivity contribution in [3.05, 3.63) is 70.0 Å². The second kappa shape index (κ2) is 9.19. The molecule has 3 rings (SSSR count). The van der Waals surface area contributed by atoms with Crippen LogP contribution in [-0.2, 0) is 5.75 Å². The van der Waals surface area contributed by atoms with E-state index >= 15 is 0 Å². The monoisotopic (exact) mass is 444 g/mol. The van der Waals surface area contributed by atoms with Gasteiger partial charge in [0.2, 0.25) is 5.16 Å². The van der Waals surface area contributed by atoms with E-state index in [-0.39, 0.29) is 5.92 Å². The minimum Gasteiger partial charge on any atom is -0.497 e. The van der Waals surface area contributed by atoms with E-state index in [4.69, 9.17) is 4.74 Å². The van der Waals surface area contributed by atoms with Crippen LogP contribution in [0, 0.1) is 0 Å². The predicted molar refractivity (Wildman–Crippen MR) is 114 cm³/mol. The summed E-state index contributed by atoms with van der Waals surface area (Å²) in [5.41, 5.74) is 2.18. The number of hydrogen-bond donors (Lipinski definition) is 0. The first-order chi connectivity index (χ1) is 13.1. The summed E-state index contributed by atoms with van der Waals surface area (Å²) in [6.45, 7) is 4.18. The molecule has 140 valence electrons. The lowest BCUT2D eigenvalue weighted by atomic mass is 10.2. The molecule has 27 heavy (non-hydrogen) atoms. The molecule has 0 aliphatic heterocycles. The number of halogens is 1. The van der Waals surface area contributed by atoms with Crippen molar-refractivity contribution in [3.63, 3.8) is 0 Å². The number of methoxy groups -OCH3 is 1. The number of nitrogens with zero attached hydrogens (tertiary/aromatic N) is 4. The molecule has 1 heterocycles. The van der Waals surface area contributed by atoms with E-state index in [0.29, 0.717) is 0 Å². The lowest BCUT2D eigenvalue weighted by Crippen LogP contribution is -2.02. The molecule has 7 heteroatoms. The Bertz CT molecular complexity index is 922. The summed E-state index contributed by atoms with van der Waals surface area (Å²) < 4.78 is 8.17. The van der Waals surface area contributed by atoms with E-state index in [2.05, 4.69) is 57.2 Å². The zero-order valence-corrected chi connectivity index (χ0v) is 17.9. The van der Waals surface area contributed by atoms with Gasteiger partial charge in [-0.05, 0) is 35.4 Å². The Hall–Kier alpha value is -2.12. The molecule has 0 bridgehead atoms. The van der Waals surface area contributed by atoms with Gasteiger partial charge in [-0.1, -0.05) is 65.8 Å². The third kappa shape index (κ3) is 5.20. The highest BCUT2D eigenvalue weighted by Gasteiger charge is 2.15. The van der Waals surface area contributed by atoms with Crippen LogP contribution in [-0.4, -0.2) is 28.2 Å². The Morgan fingerprint density at radius 2 is 1.96 bits per heavy atom. The van der Waals surface area contributed by atoms with Crippen molar-refractivity contribution in [2.24, 2.45) is 5.10 Å². The fraction of sp³-hybridized carbons (Fsp3) is 0.250. The van der Waals surface area contributed by atoms with Crippen LogP contribution < -0.4 is 4.74 Å². The molecule has 5 nitrogen and oxygen atoms in total. The zero-order chi connectivity index (χ0) is 19.2. The van der Waals surface area contributed by atoms with E-state index in [1.165, 1.54) is 5.56 Å². The molecule has 0 aliphatic rings. The van der Waals surface area contributed by atoms with Crippen LogP contribution in [0.1, 0.15) is 36.7 Å². The van der Waals surface area contributed by atoms with Crippen LogP contribution in [0.15, 0.2) is 63.3 Å². The smallest absolute Gasteiger partial charge is 0.212 e. The van der Waals surface area contributed by atoms with Gasteiger partial charge in [0.05, 0.1) is 13.3 Å². The van der Waals surface area contributed by atoms with Crippen molar-refractivity contribution in [1.82, 2.24) is 14.9 Å². The van der Waals surface area contributed by atoms with E-state index < -0.39 is 0 Å². The van der Waals surface area contributed by atoms with Crippen LogP contribution in [0.4, 0.5) is 0 Å². The van der Waals surface area contributed by atoms with E-state index in [1.54, 1.807) is 25.1 Å². The summed E-state index contributed by atoms with van der Waals surface area (Å²) in [5, 5.41) is 14.1. The molecular weight excluding hydrogens is 424 g/mol. The molecule has 0 radical (unpaired) electrons. The Morgan fingerprint density at radius 3 is 2.67 bits per heavy atom. The molecule has 0 aliphatic carbocycles. The van der Waals surface area contributed by atoms with Gasteiger partial charge in [-0.2, -0.15) is 9.78 Å². The summed E-state index contributed by atoms with van der Waals surface area (Å²) in [7, 11) is 1.66. The highest BCUT2D eigenvalue weighted by atomic mass is 79.9. The van der Waals surface area contributed by atoms with Gasteiger partial charge >= 0.3 is 0 Å². The van der Waals surface area contributed by atoms with Crippen LogP contribution >= 0.6 is 27.7 Å². The van der Waals surface area contributed by atoms with Gasteiger partial charge in [0, 0.05) is 16.1 Å². The van der Waals surface area contributed by atoms with Crippen LogP contribution in [0.2, 0.25) is 0 Å². The maximum absolute atomic E-state index is 5.27. The highest BCUT2D eigenvalue weighted by molar-refractivity contribution is 9.10. The Balaban J connectivity index is 1.82. The first-order valence-electron chi connectivity index (χ1n) is 8.58. The van der Waals surface area contributed by atoms with Gasteiger partial charge in [-0.25, -0.2) is 0 Å². The van der Waals surface area contributed by atoms with Gasteiger partial charge in [0.15, 0.2) is 5.82 Å². The standard InChI is InChI=1S/C20H21BrN4OS/c1-14(2)19-23-24-20(27-13-15-7-9-17(21)10-8-15)25(19)22-12-16-5-4-6-18(11-16)26-3/h4-12,14H,13H2,1-3H3/b22-12-. The Labute approximate surface area is 172 Å². The SMILES string of the molecule is COc1cccc(/C=N\n2c(SCc3ccc(Br)cc3)nnc2C(C)C)c1. The third-order valence-corrected chi connectivity index (χ3v) is 5.37. The Kier molecular flexibility index (Phi) is 6.68. The highest BCUT2D eigenvalue weighted by Crippen LogP contribution is 2.25. The predicted octanol–water partition coefficient (Wildman–Crippen LogP) is 5.35. The van der Waals surface area contributed by atoms with Gasteiger partial charge < -0.3 is 4.74 Å². The van der Waals surface area contributed by atoms with E-state index in [1.807, 2.05) is 41.1 Å². The van der Waals surface area contributed by atoms with Gasteiger partial charge in [-0.3, -0.25) is 0 Å². The van der Waals surface area contributed by atoms with Crippen molar-refractivity contribution in [2.45, 2.75) is 30.7 Å². The lowest BCUT2D eigenvalue weighted by Gasteiger charge is -2.07. The molecule has 3 aromatic rings. The first kappa shape index (κ1) is 19.6. The number of hydrogen-bond acceptors (Lipinski definition) is 5. The molecule has 2 aromatic carbocycles. The number of aromatic nitrogens is 3. The molecule has 1 aromatic heterocycles. The minimum atomic E-state index is 0.224. The summed E-state index contributed by atoms with van der Waals surface area (Å²) in [4.78, 5) is 0. The largest absolute Gasteiger partial charge is 0.497 e. The third-order valence-electron chi connectivity index (χ3n) is 3.85. The average Bonchev–Trinajstić information content (AvgIpc) is 3.09. The molecule has 0 saturated carbocycles. The summed E-state index contributed by atoms with van der Waals surface area (Å²) in [6, 6.07) is 16.1. The van der Waals surface area contributed by atoms with Gasteiger partial charge in [0.1, 0.15) is 5.75 Å². The number of rotatable bonds is 7. The normalized spacial score (nSPS) is 11.4. The number of thioether (sulfide) groups is 1. The quantitative estimate of drug-likeness (QED) is 0.364. The molecule has 0 spiro atoms. The summed E-state index contributed by atoms with van der Waals surface area (Å²) >= 11 is 5.09. The van der Waals surface area contributed by atoms with Gasteiger partial charge in [-0.15, -0.1) is 10.2 Å². The second-order valence-electron chi connectivity index (χ2n) is 6.24. The van der Waals surface area contributed by atoms with Gasteiger partial charge in [0.25, 0.3) is 0 Å². The van der Waals surface area contributed by atoms with Crippen molar-refractivity contribution in [3.8, 4) is 5.75 Å². The van der Waals surface area contributed by atoms with Crippen LogP contribution in [0.5, 0.6) is 5.75 Å². The summed E-state index contributed by atoms with van der Waals surface area (Å²) in [5.74, 6) is 2.67. The maximum Gasteiger partial charge on any atom is 0.212 e. The Morgan fingerprint density at radius 1 is 1.19 bits per heavy atom. The fourth-order valence-corrected chi connectivity index (χ4v) is 3.52. The van der Waals surface area contributed by atoms with E-state index in [0.717, 1.165) is 32.5 Å². The van der Waals surface area contributed by atoms with Crippen LogP contribution in [0.25, 0.3) is 0 Å². The second-order valence-corrected chi connectivity index (χ2v) is 8.10. The number of benzene rings is 2. The molecule has 0 unspecified atom stereocenters. The van der Waals surface area contributed by atoms with E-state index in [9.17, 15) is 0 Å². The van der Waals surface area contributed by atoms with Crippen molar-refractivity contribution < 1.29 is 4.74 Å². The average molecular weight is 445 g/mol. The summed E-state index contributed by atoms with van der Waals surface area (Å²) in [6.07, 6.45) is 1.81. The topological polar surface area (TPSA) is 52.3 Å². The van der Waals surface area contributed by atoms with Crippen molar-refractivity contribution in [2.75, 3.05) is 7.11 Å². The lowest BCUT2D eigenvalue weighted by molar-refractivity contribution is 0.414. The molecule has 0 N–H and O–H groups in total. The molecular formula is C20H21BrN4OS. The molecule has 0 amide bonds. The van der Waals surface area contributed by atoms with Crippen LogP contribution in [0.3, 0.4) is 0 Å². The number of ether oxygens (including phenoxy) is 1. The first-order valence-corrected chi connectivity index (χ1v) is 10.4. The maximum atomic E-state index is 5.27. The molecule has 0 saturated heterocycles. The minimum absolute atomic E-state index is 0.224. The molecule has 0 atom stereocenters. The molecule has 0 fully saturated rings.